The molecular formula is C24H34NO6P. The number of benzene rings is 2. The minimum atomic E-state index is -3.39. The number of nitrogens with one attached hydrogen (secondary N) is 1. The van der Waals surface area contributed by atoms with Gasteiger partial charge in [-0.25, -0.2) is 4.79 Å². The number of carbonyl (C=O) groups is 1. The van der Waals surface area contributed by atoms with Crippen LogP contribution in [0.1, 0.15) is 38.3 Å². The van der Waals surface area contributed by atoms with Crippen LogP contribution in [0.3, 0.4) is 0 Å². The summed E-state index contributed by atoms with van der Waals surface area (Å²) in [4.78, 5) is 21.8. The monoisotopic (exact) mass is 463 g/mol. The molecule has 0 aromatic heterocycles. The van der Waals surface area contributed by atoms with Gasteiger partial charge in [0.2, 0.25) is 7.37 Å². The fourth-order valence-corrected chi connectivity index (χ4v) is 3.90. The van der Waals surface area contributed by atoms with Gasteiger partial charge in [0.05, 0.1) is 6.61 Å². The molecular weight excluding hydrogens is 429 g/mol. The molecule has 1 atom stereocenters. The molecule has 2 rings (SSSR count). The molecule has 0 saturated heterocycles. The van der Waals surface area contributed by atoms with E-state index < -0.39 is 19.1 Å². The van der Waals surface area contributed by atoms with Crippen molar-refractivity contribution in [3.8, 4) is 5.75 Å². The molecule has 0 fully saturated rings. The molecule has 8 heteroatoms. The summed E-state index contributed by atoms with van der Waals surface area (Å²) < 4.78 is 28.6. The number of hydrogen-bond donors (Lipinski definition) is 2. The highest BCUT2D eigenvalue weighted by Gasteiger charge is 2.19. The Balaban J connectivity index is 1.62. The lowest BCUT2D eigenvalue weighted by atomic mass is 10.1. The lowest BCUT2D eigenvalue weighted by Gasteiger charge is -2.19. The third-order valence-electron chi connectivity index (χ3n) is 4.35. The van der Waals surface area contributed by atoms with Gasteiger partial charge < -0.3 is 24.4 Å². The van der Waals surface area contributed by atoms with Crippen LogP contribution in [-0.4, -0.2) is 42.2 Å². The van der Waals surface area contributed by atoms with Crippen LogP contribution < -0.4 is 10.1 Å². The quantitative estimate of drug-likeness (QED) is 0.341. The lowest BCUT2D eigenvalue weighted by Crippen LogP contribution is -2.33. The molecule has 0 aliphatic carbocycles. The predicted octanol–water partition coefficient (Wildman–Crippen LogP) is 4.97. The molecule has 2 aromatic carbocycles. The van der Waals surface area contributed by atoms with Crippen molar-refractivity contribution < 1.29 is 28.5 Å². The van der Waals surface area contributed by atoms with Crippen LogP contribution in [0.4, 0.5) is 4.79 Å². The minimum absolute atomic E-state index is 0.149. The van der Waals surface area contributed by atoms with Crippen LogP contribution in [0.5, 0.6) is 5.75 Å². The zero-order chi connectivity index (χ0) is 23.5. The molecule has 0 aliphatic rings. The van der Waals surface area contributed by atoms with Crippen molar-refractivity contribution in [3.63, 3.8) is 0 Å². The average molecular weight is 464 g/mol. The standard InChI is InChI=1S/C24H34NO6P/c1-24(2,3)31-23(26)25-15-14-20-10-12-22(13-11-20)30-19-32(27,28)17-7-16-29-18-21-8-5-4-6-9-21/h4-6,8-13H,7,14-19H2,1-3H3,(H,25,26)(H,27,28). The predicted molar refractivity (Wildman–Crippen MR) is 125 cm³/mol. The van der Waals surface area contributed by atoms with E-state index in [0.717, 1.165) is 11.1 Å². The van der Waals surface area contributed by atoms with E-state index in [9.17, 15) is 14.3 Å². The zero-order valence-electron chi connectivity index (χ0n) is 19.1. The van der Waals surface area contributed by atoms with Gasteiger partial charge in [0.15, 0.2) is 6.35 Å². The summed E-state index contributed by atoms with van der Waals surface area (Å²) in [6.45, 7) is 6.81. The molecule has 1 unspecified atom stereocenters. The van der Waals surface area contributed by atoms with Crippen molar-refractivity contribution in [2.24, 2.45) is 0 Å². The Morgan fingerprint density at radius 3 is 2.38 bits per heavy atom. The summed E-state index contributed by atoms with van der Waals surface area (Å²) in [6, 6.07) is 17.1. The second-order valence-electron chi connectivity index (χ2n) is 8.56. The van der Waals surface area contributed by atoms with Gasteiger partial charge in [0.1, 0.15) is 11.4 Å². The second kappa shape index (κ2) is 12.6. The third kappa shape index (κ3) is 11.3. The SMILES string of the molecule is CC(C)(C)OC(=O)NCCc1ccc(OCP(=O)(O)CCCOCc2ccccc2)cc1. The van der Waals surface area contributed by atoms with Crippen molar-refractivity contribution in [2.75, 3.05) is 25.7 Å². The molecule has 1 amide bonds. The molecule has 176 valence electrons. The molecule has 2 aromatic rings. The fourth-order valence-electron chi connectivity index (χ4n) is 2.79. The fraction of sp³-hybridized carbons (Fsp3) is 0.458. The maximum atomic E-state index is 12.3. The smallest absolute Gasteiger partial charge is 0.407 e. The van der Waals surface area contributed by atoms with Crippen LogP contribution >= 0.6 is 7.37 Å². The number of ether oxygens (including phenoxy) is 3. The highest BCUT2D eigenvalue weighted by atomic mass is 31.2. The molecule has 0 spiro atoms. The summed E-state index contributed by atoms with van der Waals surface area (Å²) in [5.41, 5.74) is 1.56. The van der Waals surface area contributed by atoms with Crippen LogP contribution in [0.15, 0.2) is 54.6 Å². The van der Waals surface area contributed by atoms with E-state index >= 15 is 0 Å². The second-order valence-corrected chi connectivity index (χ2v) is 11.0. The number of rotatable bonds is 12. The van der Waals surface area contributed by atoms with Crippen molar-refractivity contribution in [3.05, 3.63) is 65.7 Å². The first-order valence-corrected chi connectivity index (χ1v) is 12.8. The van der Waals surface area contributed by atoms with Crippen molar-refractivity contribution in [2.45, 2.75) is 45.8 Å². The van der Waals surface area contributed by atoms with Crippen LogP contribution in [0.25, 0.3) is 0 Å². The molecule has 0 aliphatic heterocycles. The van der Waals surface area contributed by atoms with Gasteiger partial charge in [-0.2, -0.15) is 0 Å². The van der Waals surface area contributed by atoms with Crippen molar-refractivity contribution in [1.82, 2.24) is 5.32 Å². The molecule has 32 heavy (non-hydrogen) atoms. The minimum Gasteiger partial charge on any atom is -0.484 e. The first-order chi connectivity index (χ1) is 15.1. The van der Waals surface area contributed by atoms with E-state index in [2.05, 4.69) is 5.32 Å². The summed E-state index contributed by atoms with van der Waals surface area (Å²) in [5.74, 6) is 0.531. The lowest BCUT2D eigenvalue weighted by molar-refractivity contribution is 0.0528. The number of carbonyl (C=O) groups excluding carboxylic acids is 1. The van der Waals surface area contributed by atoms with E-state index in [1.54, 1.807) is 12.1 Å². The van der Waals surface area contributed by atoms with Gasteiger partial charge in [0.25, 0.3) is 0 Å². The highest BCUT2D eigenvalue weighted by molar-refractivity contribution is 7.57. The van der Waals surface area contributed by atoms with Crippen molar-refractivity contribution in [1.29, 1.82) is 0 Å². The number of amides is 1. The third-order valence-corrected chi connectivity index (χ3v) is 5.89. The van der Waals surface area contributed by atoms with E-state index in [1.165, 1.54) is 0 Å². The maximum absolute atomic E-state index is 12.3. The Labute approximate surface area is 190 Å². The highest BCUT2D eigenvalue weighted by Crippen LogP contribution is 2.41. The zero-order valence-corrected chi connectivity index (χ0v) is 20.0. The van der Waals surface area contributed by atoms with Gasteiger partial charge >= 0.3 is 6.09 Å². The van der Waals surface area contributed by atoms with E-state index in [4.69, 9.17) is 14.2 Å². The van der Waals surface area contributed by atoms with Gasteiger partial charge in [-0.05, 0) is 56.9 Å². The Kier molecular flexibility index (Phi) is 10.2. The Morgan fingerprint density at radius 2 is 1.72 bits per heavy atom. The number of hydrogen-bond acceptors (Lipinski definition) is 5. The molecule has 7 nitrogen and oxygen atoms in total. The number of alkyl carbamates (subject to hydrolysis) is 1. The average Bonchev–Trinajstić information content (AvgIpc) is 2.72. The summed E-state index contributed by atoms with van der Waals surface area (Å²) in [7, 11) is -3.39. The molecule has 0 bridgehead atoms. The van der Waals surface area contributed by atoms with E-state index in [1.807, 2.05) is 63.2 Å². The molecule has 0 heterocycles. The first-order valence-electron chi connectivity index (χ1n) is 10.7. The molecule has 0 saturated carbocycles. The Hall–Kier alpha value is -2.34. The van der Waals surface area contributed by atoms with Gasteiger partial charge in [-0.15, -0.1) is 0 Å². The van der Waals surface area contributed by atoms with Gasteiger partial charge in [0, 0.05) is 19.3 Å². The van der Waals surface area contributed by atoms with Crippen LogP contribution in [0.2, 0.25) is 0 Å². The van der Waals surface area contributed by atoms with Crippen LogP contribution in [-0.2, 0) is 27.1 Å². The first kappa shape index (κ1) is 25.9. The summed E-state index contributed by atoms with van der Waals surface area (Å²) >= 11 is 0. The van der Waals surface area contributed by atoms with Gasteiger partial charge in [-0.1, -0.05) is 42.5 Å². The van der Waals surface area contributed by atoms with E-state index in [0.29, 0.717) is 38.3 Å². The topological polar surface area (TPSA) is 94.1 Å². The summed E-state index contributed by atoms with van der Waals surface area (Å²) in [6.07, 6.45) is 0.609. The van der Waals surface area contributed by atoms with Crippen molar-refractivity contribution >= 4 is 13.5 Å². The molecule has 2 N–H and O–H groups in total. The molecule has 0 radical (unpaired) electrons. The Morgan fingerprint density at radius 1 is 1.03 bits per heavy atom. The largest absolute Gasteiger partial charge is 0.484 e. The van der Waals surface area contributed by atoms with E-state index in [-0.39, 0.29) is 12.5 Å². The summed E-state index contributed by atoms with van der Waals surface area (Å²) in [5, 5.41) is 2.71. The maximum Gasteiger partial charge on any atom is 0.407 e. The normalized spacial score (nSPS) is 13.2. The van der Waals surface area contributed by atoms with Crippen LogP contribution in [0, 0.1) is 0 Å². The Bertz CT molecular complexity index is 864. The van der Waals surface area contributed by atoms with Gasteiger partial charge in [-0.3, -0.25) is 4.57 Å².